The average Bonchev–Trinajstić information content (AvgIpc) is 3.51. The molecule has 0 radical (unpaired) electrons. The first-order valence-corrected chi connectivity index (χ1v) is 18.4. The molecule has 268 valence electrons. The van der Waals surface area contributed by atoms with Crippen molar-refractivity contribution in [2.24, 2.45) is 0 Å². The monoisotopic (exact) mass is 711 g/mol. The number of nitrogens with zero attached hydrogens (tertiary/aromatic N) is 7. The third-order valence-electron chi connectivity index (χ3n) is 9.56. The van der Waals surface area contributed by atoms with Crippen LogP contribution in [0.2, 0.25) is 0 Å². The molecule has 0 saturated heterocycles. The Balaban J connectivity index is 1.25. The lowest BCUT2D eigenvalue weighted by molar-refractivity contribution is 0.474. The zero-order chi connectivity index (χ0) is 37.3. The second-order valence-corrected chi connectivity index (χ2v) is 14.4. The minimum absolute atomic E-state index is 0.0891. The van der Waals surface area contributed by atoms with Crippen molar-refractivity contribution >= 4 is 21.8 Å². The Morgan fingerprint density at radius 3 is 1.37 bits per heavy atom. The maximum atomic E-state index is 6.72. The van der Waals surface area contributed by atoms with Gasteiger partial charge in [-0.3, -0.25) is 14.5 Å². The average molecular weight is 712 g/mol. The summed E-state index contributed by atoms with van der Waals surface area (Å²) in [5.41, 5.74) is 7.66. The minimum atomic E-state index is 0.0891. The van der Waals surface area contributed by atoms with E-state index in [1.807, 2.05) is 79.1 Å². The molecule has 8 rings (SSSR count). The molecule has 0 fully saturated rings. The van der Waals surface area contributed by atoms with Crippen LogP contribution in [0, 0.1) is 0 Å². The van der Waals surface area contributed by atoms with Crippen molar-refractivity contribution in [2.75, 3.05) is 0 Å². The molecule has 0 saturated carbocycles. The summed E-state index contributed by atoms with van der Waals surface area (Å²) in [4.78, 5) is 9.13. The van der Waals surface area contributed by atoms with Crippen LogP contribution in [-0.2, 0) is 0 Å². The first-order valence-electron chi connectivity index (χ1n) is 18.4. The summed E-state index contributed by atoms with van der Waals surface area (Å²) in [6, 6.07) is 36.6. The van der Waals surface area contributed by atoms with Gasteiger partial charge in [-0.1, -0.05) is 77.9 Å². The maximum Gasteiger partial charge on any atom is 0.273 e. The lowest BCUT2D eigenvalue weighted by atomic mass is 9.99. The Morgan fingerprint density at radius 2 is 0.963 bits per heavy atom. The number of pyridine rings is 2. The molecule has 54 heavy (non-hydrogen) atoms. The number of aromatic nitrogens is 7. The van der Waals surface area contributed by atoms with E-state index in [2.05, 4.69) is 107 Å². The predicted molar refractivity (Wildman–Crippen MR) is 214 cm³/mol. The normalized spacial score (nSPS) is 11.6. The van der Waals surface area contributed by atoms with Crippen LogP contribution in [0.15, 0.2) is 122 Å². The van der Waals surface area contributed by atoms with Gasteiger partial charge in [-0.05, 0) is 83.6 Å². The van der Waals surface area contributed by atoms with E-state index >= 15 is 0 Å². The smallest absolute Gasteiger partial charge is 0.273 e. The van der Waals surface area contributed by atoms with Crippen LogP contribution < -0.4 is 9.47 Å². The lowest BCUT2D eigenvalue weighted by Gasteiger charge is -2.16. The van der Waals surface area contributed by atoms with Crippen molar-refractivity contribution in [3.05, 3.63) is 139 Å². The SMILES string of the molecule is CC(C)c1nnc(-n2c3cc(Oc4cc(-c5ccccn5)ccc4C(C)C)ccc3c3ccc(Oc4cc(-c5ccccn5)ccc4C(C)C)cc32)nn1. The summed E-state index contributed by atoms with van der Waals surface area (Å²) in [5.74, 6) is 4.43. The molecule has 8 aromatic rings. The lowest BCUT2D eigenvalue weighted by Crippen LogP contribution is -2.09. The van der Waals surface area contributed by atoms with Gasteiger partial charge in [0.2, 0.25) is 0 Å². The van der Waals surface area contributed by atoms with Crippen molar-refractivity contribution in [3.8, 4) is 51.5 Å². The number of hydrogen-bond donors (Lipinski definition) is 0. The van der Waals surface area contributed by atoms with E-state index in [0.717, 1.165) is 66.9 Å². The quantitative estimate of drug-likeness (QED) is 0.138. The predicted octanol–water partition coefficient (Wildman–Crippen LogP) is 11.4. The third kappa shape index (κ3) is 6.76. The van der Waals surface area contributed by atoms with E-state index in [0.29, 0.717) is 23.3 Å². The van der Waals surface area contributed by atoms with Crippen LogP contribution in [-0.4, -0.2) is 34.9 Å². The molecule has 0 atom stereocenters. The summed E-state index contributed by atoms with van der Waals surface area (Å²) in [6.45, 7) is 12.7. The van der Waals surface area contributed by atoms with E-state index in [1.165, 1.54) is 0 Å². The molecule has 4 aromatic heterocycles. The Kier molecular flexibility index (Phi) is 9.29. The van der Waals surface area contributed by atoms with E-state index < -0.39 is 0 Å². The molecule has 0 spiro atoms. The highest BCUT2D eigenvalue weighted by Gasteiger charge is 2.20. The van der Waals surface area contributed by atoms with Gasteiger partial charge in [0.15, 0.2) is 5.82 Å². The molecule has 0 aliphatic carbocycles. The van der Waals surface area contributed by atoms with Gasteiger partial charge < -0.3 is 9.47 Å². The summed E-state index contributed by atoms with van der Waals surface area (Å²) in [6.07, 6.45) is 3.61. The highest BCUT2D eigenvalue weighted by atomic mass is 16.5. The second-order valence-electron chi connectivity index (χ2n) is 14.4. The number of hydrogen-bond acceptors (Lipinski definition) is 8. The minimum Gasteiger partial charge on any atom is -0.457 e. The molecule has 0 aliphatic rings. The molecule has 0 bridgehead atoms. The van der Waals surface area contributed by atoms with Gasteiger partial charge in [0.05, 0.1) is 22.4 Å². The van der Waals surface area contributed by atoms with E-state index in [4.69, 9.17) is 9.47 Å². The van der Waals surface area contributed by atoms with Crippen LogP contribution >= 0.6 is 0 Å². The Bertz CT molecular complexity index is 2430. The van der Waals surface area contributed by atoms with Crippen LogP contribution in [0.3, 0.4) is 0 Å². The van der Waals surface area contributed by atoms with Gasteiger partial charge in [-0.15, -0.1) is 20.4 Å². The van der Waals surface area contributed by atoms with Crippen LogP contribution in [0.5, 0.6) is 23.0 Å². The summed E-state index contributed by atoms with van der Waals surface area (Å²) >= 11 is 0. The fourth-order valence-corrected chi connectivity index (χ4v) is 6.71. The molecular formula is C45H41N7O2. The van der Waals surface area contributed by atoms with Gasteiger partial charge in [0.1, 0.15) is 23.0 Å². The maximum absolute atomic E-state index is 6.72. The van der Waals surface area contributed by atoms with Gasteiger partial charge in [0.25, 0.3) is 5.95 Å². The highest BCUT2D eigenvalue weighted by Crippen LogP contribution is 2.40. The zero-order valence-corrected chi connectivity index (χ0v) is 31.2. The molecule has 0 amide bonds. The zero-order valence-electron chi connectivity index (χ0n) is 31.2. The van der Waals surface area contributed by atoms with Crippen LogP contribution in [0.1, 0.15) is 76.2 Å². The van der Waals surface area contributed by atoms with E-state index in [-0.39, 0.29) is 17.8 Å². The molecule has 9 heteroatoms. The molecule has 0 aliphatic heterocycles. The Labute approximate surface area is 314 Å². The third-order valence-corrected chi connectivity index (χ3v) is 9.56. The van der Waals surface area contributed by atoms with Crippen molar-refractivity contribution in [1.82, 2.24) is 34.9 Å². The van der Waals surface area contributed by atoms with Gasteiger partial charge in [-0.25, -0.2) is 0 Å². The van der Waals surface area contributed by atoms with Crippen molar-refractivity contribution in [1.29, 1.82) is 0 Å². The summed E-state index contributed by atoms with van der Waals surface area (Å²) < 4.78 is 15.4. The summed E-state index contributed by atoms with van der Waals surface area (Å²) in [7, 11) is 0. The van der Waals surface area contributed by atoms with Crippen molar-refractivity contribution < 1.29 is 9.47 Å². The highest BCUT2D eigenvalue weighted by molar-refractivity contribution is 6.09. The molecule has 9 nitrogen and oxygen atoms in total. The van der Waals surface area contributed by atoms with E-state index in [1.54, 1.807) is 12.4 Å². The van der Waals surface area contributed by atoms with E-state index in [9.17, 15) is 0 Å². The van der Waals surface area contributed by atoms with Crippen LogP contribution in [0.4, 0.5) is 0 Å². The Hall–Kier alpha value is -6.48. The molecule has 4 aromatic carbocycles. The van der Waals surface area contributed by atoms with Gasteiger partial charge >= 0.3 is 0 Å². The van der Waals surface area contributed by atoms with Gasteiger partial charge in [-0.2, -0.15) is 0 Å². The van der Waals surface area contributed by atoms with Gasteiger partial charge in [0, 0.05) is 52.3 Å². The molecule has 0 unspecified atom stereocenters. The summed E-state index contributed by atoms with van der Waals surface area (Å²) in [5, 5.41) is 20.1. The fraction of sp³-hybridized carbons (Fsp3) is 0.200. The number of rotatable bonds is 10. The Morgan fingerprint density at radius 1 is 0.481 bits per heavy atom. The topological polar surface area (TPSA) is 101 Å². The fourth-order valence-electron chi connectivity index (χ4n) is 6.71. The molecule has 0 N–H and O–H groups in total. The second kappa shape index (κ2) is 14.5. The first kappa shape index (κ1) is 34.6. The largest absolute Gasteiger partial charge is 0.457 e. The number of fused-ring (bicyclic) bond motifs is 3. The van der Waals surface area contributed by atoms with Crippen molar-refractivity contribution in [3.63, 3.8) is 0 Å². The van der Waals surface area contributed by atoms with Crippen LogP contribution in [0.25, 0.3) is 50.3 Å². The molecule has 4 heterocycles. The number of benzene rings is 4. The number of ether oxygens (including phenoxy) is 2. The standard InChI is InChI=1S/C45H41N7O2/c1-27(2)34-17-13-30(38-11-7-9-21-46-38)23-42(34)53-32-15-19-36-37-20-16-33(26-41(37)52(40(36)25-32)45-50-48-44(29(5)6)49-51-45)54-43-24-31(14-18-35(43)28(3)4)39-12-8-10-22-47-39/h7-29H,1-6H3. The van der Waals surface area contributed by atoms with Crippen molar-refractivity contribution in [2.45, 2.75) is 59.3 Å². The first-order chi connectivity index (χ1) is 26.2. The molecular weight excluding hydrogens is 671 g/mol.